The molecule has 5 heteroatoms. The topological polar surface area (TPSA) is 57.2 Å². The van der Waals surface area contributed by atoms with E-state index in [-0.39, 0.29) is 5.08 Å². The van der Waals surface area contributed by atoms with Gasteiger partial charge in [-0.2, -0.15) is 0 Å². The maximum absolute atomic E-state index is 9.81. The Labute approximate surface area is 53.2 Å². The lowest BCUT2D eigenvalue weighted by Crippen LogP contribution is -2.00. The molecule has 0 aromatic carbocycles. The molecule has 0 aliphatic heterocycles. The van der Waals surface area contributed by atoms with E-state index < -0.39 is 10.1 Å². The number of thioether (sulfide) groups is 1. The van der Waals surface area contributed by atoms with Crippen LogP contribution in [-0.4, -0.2) is 23.8 Å². The van der Waals surface area contributed by atoms with Crippen molar-refractivity contribution in [2.24, 2.45) is 0 Å². The molecule has 0 rings (SSSR count). The first-order chi connectivity index (χ1) is 3.56. The largest absolute Gasteiger partial charge is 0.747 e. The zero-order valence-electron chi connectivity index (χ0n) is 4.46. The maximum atomic E-state index is 9.81. The molecule has 0 N–H and O–H groups in total. The van der Waals surface area contributed by atoms with Gasteiger partial charge in [0.2, 0.25) is 0 Å². The highest BCUT2D eigenvalue weighted by Crippen LogP contribution is 2.00. The first kappa shape index (κ1) is 8.26. The zero-order valence-corrected chi connectivity index (χ0v) is 6.09. The van der Waals surface area contributed by atoms with Crippen LogP contribution in [0.2, 0.25) is 0 Å². The van der Waals surface area contributed by atoms with Gasteiger partial charge in [-0.1, -0.05) is 6.92 Å². The minimum atomic E-state index is -3.97. The Kier molecular flexibility index (Phi) is 3.43. The van der Waals surface area contributed by atoms with Gasteiger partial charge in [0.1, 0.15) is 10.1 Å². The van der Waals surface area contributed by atoms with Crippen LogP contribution in [0.15, 0.2) is 0 Å². The molecular formula is C3H7O3S2-. The second kappa shape index (κ2) is 3.32. The third kappa shape index (κ3) is 6.26. The number of rotatable bonds is 3. The van der Waals surface area contributed by atoms with Crippen LogP contribution in [0.1, 0.15) is 6.92 Å². The van der Waals surface area contributed by atoms with Crippen LogP contribution in [0.25, 0.3) is 0 Å². The predicted octanol–water partition coefficient (Wildman–Crippen LogP) is 0.242. The van der Waals surface area contributed by atoms with Gasteiger partial charge in [-0.3, -0.25) is 0 Å². The van der Waals surface area contributed by atoms with Crippen LogP contribution in [0.5, 0.6) is 0 Å². The van der Waals surface area contributed by atoms with E-state index in [0.717, 1.165) is 11.8 Å². The van der Waals surface area contributed by atoms with Crippen molar-refractivity contribution in [3.05, 3.63) is 0 Å². The van der Waals surface area contributed by atoms with Crippen LogP contribution in [0.3, 0.4) is 0 Å². The summed E-state index contributed by atoms with van der Waals surface area (Å²) in [5.41, 5.74) is 0. The molecule has 0 saturated carbocycles. The number of hydrogen-bond donors (Lipinski definition) is 0. The minimum Gasteiger partial charge on any atom is -0.747 e. The monoisotopic (exact) mass is 155 g/mol. The molecule has 0 atom stereocenters. The Hall–Kier alpha value is 0.260. The molecule has 8 heavy (non-hydrogen) atoms. The number of hydrogen-bond acceptors (Lipinski definition) is 4. The van der Waals surface area contributed by atoms with Crippen molar-refractivity contribution in [2.75, 3.05) is 10.8 Å². The molecule has 3 nitrogen and oxygen atoms in total. The van der Waals surface area contributed by atoms with Gasteiger partial charge in [0.05, 0.1) is 5.08 Å². The standard InChI is InChI=1S/C3H8O3S2/c1-2-7-3-8(4,5)6/h2-3H2,1H3,(H,4,5,6)/p-1. The van der Waals surface area contributed by atoms with Crippen LogP contribution in [-0.2, 0) is 10.1 Å². The molecule has 0 radical (unpaired) electrons. The normalized spacial score (nSPS) is 11.8. The minimum absolute atomic E-state index is 0.302. The van der Waals surface area contributed by atoms with Crippen molar-refractivity contribution >= 4 is 21.9 Å². The van der Waals surface area contributed by atoms with E-state index in [1.54, 1.807) is 6.92 Å². The molecule has 0 spiro atoms. The van der Waals surface area contributed by atoms with Gasteiger partial charge in [0, 0.05) is 0 Å². The summed E-state index contributed by atoms with van der Waals surface area (Å²) in [5, 5.41) is -0.302. The molecule has 0 bridgehead atoms. The molecule has 0 aliphatic rings. The molecular weight excluding hydrogens is 148 g/mol. The van der Waals surface area contributed by atoms with E-state index in [9.17, 15) is 13.0 Å². The van der Waals surface area contributed by atoms with Crippen LogP contribution in [0, 0.1) is 0 Å². The van der Waals surface area contributed by atoms with Crippen molar-refractivity contribution in [3.63, 3.8) is 0 Å². The Bertz CT molecular complexity index is 137. The van der Waals surface area contributed by atoms with Crippen LogP contribution >= 0.6 is 11.8 Å². The highest BCUT2D eigenvalue weighted by Gasteiger charge is 1.90. The summed E-state index contributed by atoms with van der Waals surface area (Å²) in [6, 6.07) is 0. The van der Waals surface area contributed by atoms with Crippen molar-refractivity contribution in [1.82, 2.24) is 0 Å². The second-order valence-electron chi connectivity index (χ2n) is 1.17. The SMILES string of the molecule is CCSCS(=O)(=O)[O-]. The summed E-state index contributed by atoms with van der Waals surface area (Å²) in [4.78, 5) is 0. The van der Waals surface area contributed by atoms with E-state index in [1.165, 1.54) is 0 Å². The fourth-order valence-corrected chi connectivity index (χ4v) is 1.67. The third-order valence-corrected chi connectivity index (χ3v) is 2.66. The van der Waals surface area contributed by atoms with Gasteiger partial charge in [0.15, 0.2) is 0 Å². The molecule has 0 saturated heterocycles. The van der Waals surface area contributed by atoms with Gasteiger partial charge in [-0.25, -0.2) is 8.42 Å². The third-order valence-electron chi connectivity index (χ3n) is 0.432. The maximum Gasteiger partial charge on any atom is 0.104 e. The van der Waals surface area contributed by atoms with Gasteiger partial charge in [-0.05, 0) is 5.75 Å². The van der Waals surface area contributed by atoms with Gasteiger partial charge in [-0.15, -0.1) is 11.8 Å². The van der Waals surface area contributed by atoms with E-state index in [0.29, 0.717) is 5.75 Å². The lowest BCUT2D eigenvalue weighted by Gasteiger charge is -2.02. The summed E-state index contributed by atoms with van der Waals surface area (Å²) in [6.07, 6.45) is 0. The summed E-state index contributed by atoms with van der Waals surface area (Å²) < 4.78 is 29.4. The molecule has 0 amide bonds. The quantitative estimate of drug-likeness (QED) is 0.548. The lowest BCUT2D eigenvalue weighted by molar-refractivity contribution is 0.468. The van der Waals surface area contributed by atoms with Gasteiger partial charge < -0.3 is 4.55 Å². The molecule has 0 fully saturated rings. The predicted molar refractivity (Wildman–Crippen MR) is 32.7 cm³/mol. The fraction of sp³-hybridized carbons (Fsp3) is 1.00. The van der Waals surface area contributed by atoms with Gasteiger partial charge in [0.25, 0.3) is 0 Å². The highest BCUT2D eigenvalue weighted by atomic mass is 32.3. The molecule has 0 aromatic rings. The van der Waals surface area contributed by atoms with Crippen molar-refractivity contribution < 1.29 is 13.0 Å². The summed E-state index contributed by atoms with van der Waals surface area (Å²) in [6.45, 7) is 1.80. The average Bonchev–Trinajstić information content (AvgIpc) is 1.59. The lowest BCUT2D eigenvalue weighted by atomic mass is 11.0. The van der Waals surface area contributed by atoms with E-state index in [4.69, 9.17) is 0 Å². The summed E-state index contributed by atoms with van der Waals surface area (Å²) in [7, 11) is -3.97. The first-order valence-corrected chi connectivity index (χ1v) is 4.81. The highest BCUT2D eigenvalue weighted by molar-refractivity contribution is 8.10. The van der Waals surface area contributed by atoms with Gasteiger partial charge >= 0.3 is 0 Å². The van der Waals surface area contributed by atoms with Crippen LogP contribution in [0.4, 0.5) is 0 Å². The Morgan fingerprint density at radius 3 is 2.25 bits per heavy atom. The van der Waals surface area contributed by atoms with Crippen LogP contribution < -0.4 is 0 Å². The summed E-state index contributed by atoms with van der Waals surface area (Å²) >= 11 is 1.11. The van der Waals surface area contributed by atoms with Crippen molar-refractivity contribution in [3.8, 4) is 0 Å². The molecule has 50 valence electrons. The Morgan fingerprint density at radius 2 is 2.12 bits per heavy atom. The van der Waals surface area contributed by atoms with E-state index >= 15 is 0 Å². The average molecular weight is 155 g/mol. The van der Waals surface area contributed by atoms with Crippen molar-refractivity contribution in [2.45, 2.75) is 6.92 Å². The molecule has 0 aliphatic carbocycles. The molecule has 0 unspecified atom stereocenters. The second-order valence-corrected chi connectivity index (χ2v) is 4.21. The smallest absolute Gasteiger partial charge is 0.104 e. The van der Waals surface area contributed by atoms with E-state index in [2.05, 4.69) is 0 Å². The Morgan fingerprint density at radius 1 is 1.62 bits per heavy atom. The first-order valence-electron chi connectivity index (χ1n) is 2.07. The Balaban J connectivity index is 3.42. The molecule has 0 aromatic heterocycles. The zero-order chi connectivity index (χ0) is 6.62. The summed E-state index contributed by atoms with van der Waals surface area (Å²) in [5.74, 6) is 0.668. The fourth-order valence-electron chi connectivity index (χ4n) is 0.185. The molecule has 0 heterocycles. The van der Waals surface area contributed by atoms with E-state index in [1.807, 2.05) is 0 Å². The van der Waals surface area contributed by atoms with Crippen molar-refractivity contribution in [1.29, 1.82) is 0 Å².